The Kier molecular flexibility index (Phi) is 5.75. The zero-order valence-corrected chi connectivity index (χ0v) is 16.9. The fourth-order valence-electron chi connectivity index (χ4n) is 3.90. The number of rotatable bonds is 6. The summed E-state index contributed by atoms with van der Waals surface area (Å²) in [7, 11) is 0. The molecule has 0 fully saturated rings. The summed E-state index contributed by atoms with van der Waals surface area (Å²) in [5, 5.41) is 4.00. The largest absolute Gasteiger partial charge is 0.326 e. The summed E-state index contributed by atoms with van der Waals surface area (Å²) >= 11 is 0. The van der Waals surface area contributed by atoms with Crippen LogP contribution in [0.4, 0.5) is 5.69 Å². The molecule has 0 aliphatic rings. The maximum atomic E-state index is 12.9. The molecular weight excluding hydrogens is 372 g/mol. The Balaban J connectivity index is 1.59. The molecule has 0 aliphatic carbocycles. The quantitative estimate of drug-likeness (QED) is 0.467. The minimum Gasteiger partial charge on any atom is -0.326 e. The van der Waals surface area contributed by atoms with Crippen molar-refractivity contribution in [1.29, 1.82) is 0 Å². The van der Waals surface area contributed by atoms with Crippen LogP contribution in [0, 0.1) is 0 Å². The van der Waals surface area contributed by atoms with Gasteiger partial charge in [0.2, 0.25) is 11.5 Å². The average Bonchev–Trinajstić information content (AvgIpc) is 2.77. The number of carbonyl (C=O) groups is 1. The Morgan fingerprint density at radius 2 is 1.53 bits per heavy atom. The molecule has 2 N–H and O–H groups in total. The Morgan fingerprint density at radius 1 is 0.900 bits per heavy atom. The second kappa shape index (κ2) is 8.78. The summed E-state index contributed by atoms with van der Waals surface area (Å²) in [6.45, 7) is 2.03. The van der Waals surface area contributed by atoms with Gasteiger partial charge < -0.3 is 10.3 Å². The summed E-state index contributed by atoms with van der Waals surface area (Å²) in [6, 6.07) is 27.4. The number of pyridine rings is 1. The normalized spacial score (nSPS) is 11.0. The molecule has 0 spiro atoms. The zero-order valence-electron chi connectivity index (χ0n) is 16.9. The minimum absolute atomic E-state index is 0.0284. The van der Waals surface area contributed by atoms with Gasteiger partial charge in [-0.1, -0.05) is 73.7 Å². The Labute approximate surface area is 175 Å². The van der Waals surface area contributed by atoms with Crippen LogP contribution in [-0.4, -0.2) is 10.9 Å². The molecule has 0 bridgehead atoms. The van der Waals surface area contributed by atoms with Crippen molar-refractivity contribution in [3.05, 3.63) is 112 Å². The first-order valence-corrected chi connectivity index (χ1v) is 10.2. The summed E-state index contributed by atoms with van der Waals surface area (Å²) in [4.78, 5) is 27.7. The van der Waals surface area contributed by atoms with Crippen LogP contribution in [0.3, 0.4) is 0 Å². The number of aromatic nitrogens is 1. The van der Waals surface area contributed by atoms with E-state index < -0.39 is 0 Å². The van der Waals surface area contributed by atoms with Crippen molar-refractivity contribution in [2.24, 2.45) is 0 Å². The molecule has 3 aromatic carbocycles. The number of hydrogen-bond acceptors (Lipinski definition) is 2. The third kappa shape index (κ3) is 4.33. The van der Waals surface area contributed by atoms with Gasteiger partial charge in [0.15, 0.2) is 0 Å². The van der Waals surface area contributed by atoms with E-state index in [4.69, 9.17) is 0 Å². The second-order valence-corrected chi connectivity index (χ2v) is 7.40. The second-order valence-electron chi connectivity index (χ2n) is 7.40. The van der Waals surface area contributed by atoms with Crippen LogP contribution in [-0.2, 0) is 11.2 Å². The molecule has 30 heavy (non-hydrogen) atoms. The van der Waals surface area contributed by atoms with Gasteiger partial charge in [-0.25, -0.2) is 0 Å². The van der Waals surface area contributed by atoms with Crippen molar-refractivity contribution < 1.29 is 4.79 Å². The minimum atomic E-state index is -0.129. The molecule has 150 valence electrons. The Hall–Kier alpha value is -3.66. The number of H-pyrrole nitrogens is 1. The number of fused-ring (bicyclic) bond motifs is 1. The Morgan fingerprint density at radius 3 is 2.13 bits per heavy atom. The van der Waals surface area contributed by atoms with Gasteiger partial charge >= 0.3 is 0 Å². The zero-order chi connectivity index (χ0) is 20.9. The number of aryl methyl sites for hydroxylation is 1. The van der Waals surface area contributed by atoms with Gasteiger partial charge in [-0.3, -0.25) is 9.59 Å². The Bertz CT molecular complexity index is 1170. The number of anilines is 1. The lowest BCUT2D eigenvalue weighted by Crippen LogP contribution is -2.16. The van der Waals surface area contributed by atoms with Crippen molar-refractivity contribution >= 4 is 22.5 Å². The number of hydrogen-bond donors (Lipinski definition) is 2. The first kappa shape index (κ1) is 19.6. The highest BCUT2D eigenvalue weighted by atomic mass is 16.1. The van der Waals surface area contributed by atoms with Crippen LogP contribution in [0.25, 0.3) is 10.9 Å². The molecule has 1 heterocycles. The summed E-state index contributed by atoms with van der Waals surface area (Å²) in [5.74, 6) is -0.0968. The SMILES string of the molecule is CCc1cc(=O)[nH]c2cc(NC(=O)CC(c3ccccc3)c3ccccc3)ccc12. The van der Waals surface area contributed by atoms with E-state index in [2.05, 4.69) is 34.6 Å². The number of nitrogens with one attached hydrogen (secondary N) is 2. The lowest BCUT2D eigenvalue weighted by molar-refractivity contribution is -0.116. The van der Waals surface area contributed by atoms with Crippen molar-refractivity contribution in [1.82, 2.24) is 4.98 Å². The fraction of sp³-hybridized carbons (Fsp3) is 0.154. The van der Waals surface area contributed by atoms with E-state index in [-0.39, 0.29) is 17.4 Å². The van der Waals surface area contributed by atoms with Gasteiger partial charge in [-0.05, 0) is 35.2 Å². The molecule has 1 amide bonds. The maximum Gasteiger partial charge on any atom is 0.248 e. The van der Waals surface area contributed by atoms with Crippen LogP contribution >= 0.6 is 0 Å². The van der Waals surface area contributed by atoms with E-state index in [1.165, 1.54) is 0 Å². The lowest BCUT2D eigenvalue weighted by Gasteiger charge is -2.18. The van der Waals surface area contributed by atoms with E-state index in [1.807, 2.05) is 61.5 Å². The van der Waals surface area contributed by atoms with Crippen LogP contribution < -0.4 is 10.9 Å². The fourth-order valence-corrected chi connectivity index (χ4v) is 3.90. The predicted octanol–water partition coefficient (Wildman–Crippen LogP) is 5.25. The highest BCUT2D eigenvalue weighted by Gasteiger charge is 2.18. The summed E-state index contributed by atoms with van der Waals surface area (Å²) in [5.41, 5.74) is 4.50. The van der Waals surface area contributed by atoms with Crippen molar-refractivity contribution in [3.63, 3.8) is 0 Å². The number of carbonyl (C=O) groups excluding carboxylic acids is 1. The molecule has 0 aliphatic heterocycles. The molecule has 1 aromatic heterocycles. The molecule has 0 unspecified atom stereocenters. The lowest BCUT2D eigenvalue weighted by atomic mass is 9.88. The van der Waals surface area contributed by atoms with E-state index in [1.54, 1.807) is 6.07 Å². The third-order valence-electron chi connectivity index (χ3n) is 5.39. The van der Waals surface area contributed by atoms with Gasteiger partial charge in [-0.2, -0.15) is 0 Å². The third-order valence-corrected chi connectivity index (χ3v) is 5.39. The smallest absolute Gasteiger partial charge is 0.248 e. The number of benzene rings is 3. The first-order valence-electron chi connectivity index (χ1n) is 10.2. The van der Waals surface area contributed by atoms with Crippen LogP contribution in [0.5, 0.6) is 0 Å². The highest BCUT2D eigenvalue weighted by Crippen LogP contribution is 2.28. The van der Waals surface area contributed by atoms with Gasteiger partial charge in [0.05, 0.1) is 5.52 Å². The standard InChI is InChI=1S/C26H24N2O2/c1-2-18-15-25(29)28-24-16-21(13-14-22(18)24)27-26(30)17-23(19-9-5-3-6-10-19)20-11-7-4-8-12-20/h3-16,23H,2,17H2,1H3,(H,27,30)(H,28,29). The molecule has 4 heteroatoms. The molecule has 4 aromatic rings. The molecule has 0 saturated heterocycles. The van der Waals surface area contributed by atoms with Crippen LogP contribution in [0.15, 0.2) is 89.7 Å². The average molecular weight is 396 g/mol. The predicted molar refractivity (Wildman–Crippen MR) is 122 cm³/mol. The number of amides is 1. The molecular formula is C26H24N2O2. The number of aromatic amines is 1. The summed E-state index contributed by atoms with van der Waals surface area (Å²) in [6.07, 6.45) is 1.11. The van der Waals surface area contributed by atoms with Gasteiger partial charge in [0.25, 0.3) is 0 Å². The van der Waals surface area contributed by atoms with Crippen LogP contribution in [0.1, 0.15) is 36.0 Å². The van der Waals surface area contributed by atoms with Gasteiger partial charge in [-0.15, -0.1) is 0 Å². The van der Waals surface area contributed by atoms with Gasteiger partial charge in [0.1, 0.15) is 0 Å². The topological polar surface area (TPSA) is 62.0 Å². The van der Waals surface area contributed by atoms with Crippen molar-refractivity contribution in [2.75, 3.05) is 5.32 Å². The highest BCUT2D eigenvalue weighted by molar-refractivity contribution is 5.94. The van der Waals surface area contributed by atoms with E-state index in [0.29, 0.717) is 12.1 Å². The van der Waals surface area contributed by atoms with Crippen molar-refractivity contribution in [2.45, 2.75) is 25.7 Å². The van der Waals surface area contributed by atoms with E-state index in [9.17, 15) is 9.59 Å². The monoisotopic (exact) mass is 396 g/mol. The summed E-state index contributed by atoms with van der Waals surface area (Å²) < 4.78 is 0. The van der Waals surface area contributed by atoms with E-state index >= 15 is 0 Å². The van der Waals surface area contributed by atoms with Crippen molar-refractivity contribution in [3.8, 4) is 0 Å². The molecule has 0 radical (unpaired) electrons. The molecule has 0 atom stereocenters. The molecule has 0 saturated carbocycles. The first-order chi connectivity index (χ1) is 14.6. The van der Waals surface area contributed by atoms with Gasteiger partial charge in [0, 0.05) is 29.5 Å². The van der Waals surface area contributed by atoms with Crippen LogP contribution in [0.2, 0.25) is 0 Å². The molecule has 4 nitrogen and oxygen atoms in total. The maximum absolute atomic E-state index is 12.9. The van der Waals surface area contributed by atoms with E-state index in [0.717, 1.165) is 34.0 Å². The molecule has 4 rings (SSSR count).